The van der Waals surface area contributed by atoms with Crippen molar-refractivity contribution in [2.75, 3.05) is 19.9 Å². The number of aromatic nitrogens is 3. The molecule has 3 aromatic rings. The van der Waals surface area contributed by atoms with E-state index in [1.54, 1.807) is 27.0 Å². The molecule has 2 aliphatic heterocycles. The number of ether oxygens (including phenoxy) is 2. The minimum atomic E-state index is -3.58. The smallest absolute Gasteiger partial charge is 0.246 e. The Morgan fingerprint density at radius 1 is 1.03 bits per heavy atom. The molecule has 1 saturated heterocycles. The maximum absolute atomic E-state index is 13.1. The van der Waals surface area contributed by atoms with Crippen molar-refractivity contribution in [3.05, 3.63) is 42.1 Å². The van der Waals surface area contributed by atoms with E-state index < -0.39 is 10.0 Å². The molecule has 8 nitrogen and oxygen atoms in total. The highest BCUT2D eigenvalue weighted by atomic mass is 32.2. The van der Waals surface area contributed by atoms with Gasteiger partial charge in [-0.05, 0) is 42.7 Å². The molecule has 0 unspecified atom stereocenters. The number of hydrogen-bond acceptors (Lipinski definition) is 7. The van der Waals surface area contributed by atoms with Gasteiger partial charge in [-0.2, -0.15) is 4.31 Å². The highest BCUT2D eigenvalue weighted by Gasteiger charge is 2.29. The molecule has 0 radical (unpaired) electrons. The van der Waals surface area contributed by atoms with Gasteiger partial charge in [0.05, 0.1) is 0 Å². The summed E-state index contributed by atoms with van der Waals surface area (Å²) in [5.41, 5.74) is 1.43. The van der Waals surface area contributed by atoms with Crippen molar-refractivity contribution in [1.82, 2.24) is 18.9 Å². The summed E-state index contributed by atoms with van der Waals surface area (Å²) in [6.07, 6.45) is 4.66. The van der Waals surface area contributed by atoms with Gasteiger partial charge in [0.1, 0.15) is 4.90 Å². The molecule has 0 bridgehead atoms. The maximum Gasteiger partial charge on any atom is 0.246 e. The minimum Gasteiger partial charge on any atom is -0.454 e. The third kappa shape index (κ3) is 3.45. The number of nitrogens with zero attached hydrogens (tertiary/aromatic N) is 4. The molecule has 0 spiro atoms. The number of sulfonamides is 1. The predicted molar refractivity (Wildman–Crippen MR) is 108 cm³/mol. The Kier molecular flexibility index (Phi) is 4.84. The molecule has 152 valence electrons. The van der Waals surface area contributed by atoms with Crippen LogP contribution in [0.4, 0.5) is 0 Å². The van der Waals surface area contributed by atoms with E-state index in [9.17, 15) is 8.42 Å². The molecule has 4 heterocycles. The van der Waals surface area contributed by atoms with Crippen molar-refractivity contribution >= 4 is 27.4 Å². The lowest BCUT2D eigenvalue weighted by Crippen LogP contribution is -2.35. The van der Waals surface area contributed by atoms with Crippen molar-refractivity contribution in [2.45, 2.75) is 35.1 Å². The molecular formula is C19H20N4O4S2. The van der Waals surface area contributed by atoms with Crippen LogP contribution in [0.25, 0.3) is 5.65 Å². The Balaban J connectivity index is 1.41. The zero-order valence-electron chi connectivity index (χ0n) is 15.7. The van der Waals surface area contributed by atoms with Gasteiger partial charge in [-0.1, -0.05) is 24.2 Å². The number of pyridine rings is 1. The Hall–Kier alpha value is -2.30. The lowest BCUT2D eigenvalue weighted by Gasteiger charge is -2.25. The summed E-state index contributed by atoms with van der Waals surface area (Å²) in [5.74, 6) is 2.14. The van der Waals surface area contributed by atoms with Gasteiger partial charge in [-0.15, -0.1) is 10.2 Å². The first kappa shape index (κ1) is 18.7. The first-order valence-electron chi connectivity index (χ1n) is 9.48. The van der Waals surface area contributed by atoms with Crippen molar-refractivity contribution in [3.63, 3.8) is 0 Å². The summed E-state index contributed by atoms with van der Waals surface area (Å²) in [6.45, 7) is 1.36. The zero-order valence-corrected chi connectivity index (χ0v) is 17.3. The Morgan fingerprint density at radius 2 is 1.86 bits per heavy atom. The van der Waals surface area contributed by atoms with Crippen LogP contribution in [0.15, 0.2) is 46.6 Å². The lowest BCUT2D eigenvalue weighted by molar-refractivity contribution is 0.174. The Bertz CT molecular complexity index is 1160. The van der Waals surface area contributed by atoms with E-state index >= 15 is 0 Å². The van der Waals surface area contributed by atoms with E-state index in [1.165, 1.54) is 11.8 Å². The van der Waals surface area contributed by atoms with Crippen LogP contribution >= 0.6 is 11.8 Å². The third-order valence-electron chi connectivity index (χ3n) is 5.11. The molecule has 0 saturated carbocycles. The Labute approximate surface area is 172 Å². The second-order valence-electron chi connectivity index (χ2n) is 6.99. The minimum absolute atomic E-state index is 0.212. The molecule has 2 aliphatic rings. The quantitative estimate of drug-likeness (QED) is 0.573. The zero-order chi connectivity index (χ0) is 19.8. The third-order valence-corrected chi connectivity index (χ3v) is 8.04. The van der Waals surface area contributed by atoms with Crippen molar-refractivity contribution in [1.29, 1.82) is 0 Å². The van der Waals surface area contributed by atoms with Crippen LogP contribution in [0.2, 0.25) is 0 Å². The van der Waals surface area contributed by atoms with E-state index in [0.29, 0.717) is 29.6 Å². The van der Waals surface area contributed by atoms with Crippen molar-refractivity contribution in [3.8, 4) is 11.5 Å². The van der Waals surface area contributed by atoms with E-state index in [4.69, 9.17) is 9.47 Å². The number of thioether (sulfide) groups is 1. The van der Waals surface area contributed by atoms with Crippen LogP contribution in [0.3, 0.4) is 0 Å². The van der Waals surface area contributed by atoms with E-state index in [-0.39, 0.29) is 11.7 Å². The average Bonchev–Trinajstić information content (AvgIpc) is 3.39. The lowest BCUT2D eigenvalue weighted by atomic mass is 10.2. The fourth-order valence-corrected chi connectivity index (χ4v) is 6.09. The first-order valence-corrected chi connectivity index (χ1v) is 11.9. The van der Waals surface area contributed by atoms with E-state index in [1.807, 2.05) is 18.2 Å². The van der Waals surface area contributed by atoms with Crippen molar-refractivity contribution in [2.24, 2.45) is 0 Å². The summed E-state index contributed by atoms with van der Waals surface area (Å²) in [6, 6.07) is 9.17. The SMILES string of the molecule is O=S(=O)(c1cccn2c(SCc3ccc4c(c3)OCO4)nnc12)N1CCCCC1. The summed E-state index contributed by atoms with van der Waals surface area (Å²) >= 11 is 1.49. The number of piperidine rings is 1. The highest BCUT2D eigenvalue weighted by molar-refractivity contribution is 7.98. The molecule has 0 N–H and O–H groups in total. The molecule has 5 rings (SSSR count). The van der Waals surface area contributed by atoms with E-state index in [0.717, 1.165) is 36.3 Å². The van der Waals surface area contributed by atoms with Gasteiger partial charge in [-0.25, -0.2) is 8.42 Å². The standard InChI is InChI=1S/C19H20N4O4S2/c24-29(25,22-8-2-1-3-9-22)17-5-4-10-23-18(17)20-21-19(23)28-12-14-6-7-15-16(11-14)27-13-26-15/h4-7,10-11H,1-3,8-9,12-13H2. The number of hydrogen-bond donors (Lipinski definition) is 0. The summed E-state index contributed by atoms with van der Waals surface area (Å²) in [7, 11) is -3.58. The van der Waals surface area contributed by atoms with Crippen LogP contribution in [-0.2, 0) is 15.8 Å². The molecule has 0 atom stereocenters. The van der Waals surface area contributed by atoms with Gasteiger partial charge >= 0.3 is 0 Å². The molecule has 29 heavy (non-hydrogen) atoms. The van der Waals surface area contributed by atoms with Gasteiger partial charge in [0.2, 0.25) is 16.8 Å². The summed E-state index contributed by atoms with van der Waals surface area (Å²) < 4.78 is 40.3. The fraction of sp³-hybridized carbons (Fsp3) is 0.368. The van der Waals surface area contributed by atoms with Crippen LogP contribution in [-0.4, -0.2) is 47.2 Å². The number of fused-ring (bicyclic) bond motifs is 2. The molecule has 1 fully saturated rings. The molecule has 0 aliphatic carbocycles. The normalized spacial score (nSPS) is 17.1. The summed E-state index contributed by atoms with van der Waals surface area (Å²) in [5, 5.41) is 9.08. The second kappa shape index (κ2) is 7.51. The van der Waals surface area contributed by atoms with Crippen molar-refractivity contribution < 1.29 is 17.9 Å². The predicted octanol–water partition coefficient (Wildman–Crippen LogP) is 2.92. The number of rotatable bonds is 5. The van der Waals surface area contributed by atoms with Crippen LogP contribution < -0.4 is 9.47 Å². The number of benzene rings is 1. The van der Waals surface area contributed by atoms with Gasteiger partial charge in [-0.3, -0.25) is 4.40 Å². The summed E-state index contributed by atoms with van der Waals surface area (Å²) in [4.78, 5) is 0.212. The topological polar surface area (TPSA) is 86.0 Å². The van der Waals surface area contributed by atoms with Crippen LogP contribution in [0.5, 0.6) is 11.5 Å². The van der Waals surface area contributed by atoms with Gasteiger partial charge in [0, 0.05) is 25.0 Å². The molecule has 2 aromatic heterocycles. The largest absolute Gasteiger partial charge is 0.454 e. The molecule has 1 aromatic carbocycles. The Morgan fingerprint density at radius 3 is 2.72 bits per heavy atom. The monoisotopic (exact) mass is 432 g/mol. The van der Waals surface area contributed by atoms with Gasteiger partial charge in [0.25, 0.3) is 0 Å². The molecule has 0 amide bonds. The molecular weight excluding hydrogens is 412 g/mol. The van der Waals surface area contributed by atoms with Crippen LogP contribution in [0, 0.1) is 0 Å². The highest BCUT2D eigenvalue weighted by Crippen LogP contribution is 2.34. The second-order valence-corrected chi connectivity index (χ2v) is 9.84. The van der Waals surface area contributed by atoms with Crippen LogP contribution in [0.1, 0.15) is 24.8 Å². The fourth-order valence-electron chi connectivity index (χ4n) is 3.59. The van der Waals surface area contributed by atoms with E-state index in [2.05, 4.69) is 10.2 Å². The average molecular weight is 433 g/mol. The maximum atomic E-state index is 13.1. The first-order chi connectivity index (χ1) is 14.1. The van der Waals surface area contributed by atoms with Gasteiger partial charge in [0.15, 0.2) is 22.3 Å². The van der Waals surface area contributed by atoms with Gasteiger partial charge < -0.3 is 9.47 Å². The molecule has 10 heteroatoms.